The molecule has 0 unspecified atom stereocenters. The Labute approximate surface area is 82.8 Å². The summed E-state index contributed by atoms with van der Waals surface area (Å²) in [5.41, 5.74) is -0.0662. The van der Waals surface area contributed by atoms with Crippen LogP contribution < -0.4 is 0 Å². The number of carbonyl (C=O) groups is 1. The summed E-state index contributed by atoms with van der Waals surface area (Å²) in [7, 11) is 0. The number of hydrogen-bond donors (Lipinski definition) is 0. The van der Waals surface area contributed by atoms with E-state index in [1.54, 1.807) is 12.2 Å². The number of rotatable bonds is 0. The molecule has 0 atom stereocenters. The highest BCUT2D eigenvalue weighted by molar-refractivity contribution is 6.29. The van der Waals surface area contributed by atoms with Crippen molar-refractivity contribution in [2.24, 2.45) is 5.41 Å². The highest BCUT2D eigenvalue weighted by Crippen LogP contribution is 2.39. The molecule has 0 aliphatic heterocycles. The van der Waals surface area contributed by atoms with Gasteiger partial charge in [0.05, 0.1) is 0 Å². The molecule has 2 aliphatic carbocycles. The Morgan fingerprint density at radius 2 is 2.00 bits per heavy atom. The first-order valence-electron chi connectivity index (χ1n) is 4.50. The second-order valence-electron chi connectivity index (χ2n) is 3.63. The molecule has 0 fully saturated rings. The minimum atomic E-state index is -0.0662. The van der Waals surface area contributed by atoms with Crippen LogP contribution in [0.5, 0.6) is 0 Å². The van der Waals surface area contributed by atoms with Gasteiger partial charge in [0, 0.05) is 10.4 Å². The molecule has 2 heteroatoms. The molecule has 2 rings (SSSR count). The lowest BCUT2D eigenvalue weighted by Gasteiger charge is -2.29. The lowest BCUT2D eigenvalue weighted by atomic mass is 9.76. The van der Waals surface area contributed by atoms with Gasteiger partial charge in [0.2, 0.25) is 0 Å². The van der Waals surface area contributed by atoms with Crippen molar-refractivity contribution >= 4 is 17.4 Å². The van der Waals surface area contributed by atoms with Crippen LogP contribution in [0.25, 0.3) is 0 Å². The monoisotopic (exact) mass is 194 g/mol. The van der Waals surface area contributed by atoms with E-state index in [9.17, 15) is 4.79 Å². The zero-order valence-electron chi connectivity index (χ0n) is 7.29. The second-order valence-corrected chi connectivity index (χ2v) is 4.11. The molecule has 0 bridgehead atoms. The van der Waals surface area contributed by atoms with Gasteiger partial charge < -0.3 is 0 Å². The molecular weight excluding hydrogens is 184 g/mol. The Balaban J connectivity index is 2.31. The molecule has 0 aromatic heterocycles. The van der Waals surface area contributed by atoms with E-state index in [0.29, 0.717) is 0 Å². The second kappa shape index (κ2) is 3.15. The Morgan fingerprint density at radius 3 is 2.62 bits per heavy atom. The fourth-order valence-electron chi connectivity index (χ4n) is 1.85. The summed E-state index contributed by atoms with van der Waals surface area (Å²) in [6.45, 7) is 0. The number of hydrogen-bond acceptors (Lipinski definition) is 1. The van der Waals surface area contributed by atoms with E-state index in [4.69, 9.17) is 11.6 Å². The quantitative estimate of drug-likeness (QED) is 0.580. The van der Waals surface area contributed by atoms with Crippen LogP contribution in [-0.4, -0.2) is 5.78 Å². The van der Waals surface area contributed by atoms with Crippen molar-refractivity contribution in [3.05, 3.63) is 35.4 Å². The molecule has 0 aromatic carbocycles. The van der Waals surface area contributed by atoms with Crippen molar-refractivity contribution in [3.8, 4) is 0 Å². The van der Waals surface area contributed by atoms with Crippen molar-refractivity contribution in [1.82, 2.24) is 0 Å². The highest BCUT2D eigenvalue weighted by Gasteiger charge is 2.27. The molecule has 13 heavy (non-hydrogen) atoms. The molecule has 68 valence electrons. The summed E-state index contributed by atoms with van der Waals surface area (Å²) in [4.78, 5) is 10.9. The lowest BCUT2D eigenvalue weighted by molar-refractivity contribution is -0.110. The Morgan fingerprint density at radius 1 is 1.31 bits per heavy atom. The first-order valence-corrected chi connectivity index (χ1v) is 4.88. The third-order valence-corrected chi connectivity index (χ3v) is 2.86. The third-order valence-electron chi connectivity index (χ3n) is 2.57. The van der Waals surface area contributed by atoms with Gasteiger partial charge >= 0.3 is 0 Å². The van der Waals surface area contributed by atoms with Crippen molar-refractivity contribution in [3.63, 3.8) is 0 Å². The first kappa shape index (κ1) is 8.76. The predicted molar refractivity (Wildman–Crippen MR) is 53.5 cm³/mol. The summed E-state index contributed by atoms with van der Waals surface area (Å²) in [5.74, 6) is 0.0701. The fraction of sp³-hybridized carbons (Fsp3) is 0.364. The molecule has 0 radical (unpaired) electrons. The summed E-state index contributed by atoms with van der Waals surface area (Å²) >= 11 is 5.98. The zero-order chi connectivity index (χ0) is 9.31. The normalized spacial score (nSPS) is 25.0. The van der Waals surface area contributed by atoms with Gasteiger partial charge in [-0.05, 0) is 31.4 Å². The molecular formula is C11H11ClO. The van der Waals surface area contributed by atoms with Gasteiger partial charge in [-0.1, -0.05) is 29.8 Å². The Bertz CT molecular complexity index is 307. The summed E-state index contributed by atoms with van der Waals surface area (Å²) in [6.07, 6.45) is 12.4. The maximum absolute atomic E-state index is 10.9. The molecule has 2 aliphatic rings. The van der Waals surface area contributed by atoms with E-state index in [1.807, 2.05) is 12.2 Å². The molecule has 1 spiro atoms. The smallest absolute Gasteiger partial charge is 0.178 e. The van der Waals surface area contributed by atoms with Crippen molar-refractivity contribution in [2.75, 3.05) is 0 Å². The number of allylic oxidation sites excluding steroid dienone is 6. The first-order chi connectivity index (χ1) is 6.20. The van der Waals surface area contributed by atoms with Gasteiger partial charge in [0.25, 0.3) is 0 Å². The standard InChI is InChI=1S/C11H11ClO/c12-9-2-1-5-11(8-9)6-3-10(13)4-7-11/h3-4,6-8H,1-2,5H2. The average Bonchev–Trinajstić information content (AvgIpc) is 2.11. The minimum Gasteiger partial charge on any atom is -0.290 e. The van der Waals surface area contributed by atoms with E-state index >= 15 is 0 Å². The number of halogens is 1. The predicted octanol–water partition coefficient (Wildman–Crippen LogP) is 2.97. The van der Waals surface area contributed by atoms with E-state index in [1.165, 1.54) is 0 Å². The van der Waals surface area contributed by atoms with Crippen LogP contribution in [-0.2, 0) is 4.79 Å². The molecule has 0 N–H and O–H groups in total. The van der Waals surface area contributed by atoms with Crippen molar-refractivity contribution in [2.45, 2.75) is 19.3 Å². The van der Waals surface area contributed by atoms with Gasteiger partial charge in [0.15, 0.2) is 5.78 Å². The molecule has 0 aromatic rings. The van der Waals surface area contributed by atoms with Crippen LogP contribution in [0, 0.1) is 5.41 Å². The van der Waals surface area contributed by atoms with E-state index in [2.05, 4.69) is 6.08 Å². The fourth-order valence-corrected chi connectivity index (χ4v) is 2.18. The van der Waals surface area contributed by atoms with E-state index < -0.39 is 0 Å². The van der Waals surface area contributed by atoms with Crippen LogP contribution >= 0.6 is 11.6 Å². The molecule has 0 saturated carbocycles. The molecule has 0 amide bonds. The van der Waals surface area contributed by atoms with Crippen molar-refractivity contribution in [1.29, 1.82) is 0 Å². The Kier molecular flexibility index (Phi) is 2.12. The van der Waals surface area contributed by atoms with E-state index in [-0.39, 0.29) is 11.2 Å². The van der Waals surface area contributed by atoms with Crippen LogP contribution in [0.2, 0.25) is 0 Å². The lowest BCUT2D eigenvalue weighted by Crippen LogP contribution is -2.18. The topological polar surface area (TPSA) is 17.1 Å². The average molecular weight is 195 g/mol. The summed E-state index contributed by atoms with van der Waals surface area (Å²) < 4.78 is 0. The molecule has 1 nitrogen and oxygen atoms in total. The SMILES string of the molecule is O=C1C=CC2(C=C1)C=C(Cl)CCC2. The summed E-state index contributed by atoms with van der Waals surface area (Å²) in [5, 5.41) is 0.912. The minimum absolute atomic E-state index is 0.0662. The molecule has 0 saturated heterocycles. The highest BCUT2D eigenvalue weighted by atomic mass is 35.5. The summed E-state index contributed by atoms with van der Waals surface area (Å²) in [6, 6.07) is 0. The van der Waals surface area contributed by atoms with Crippen LogP contribution in [0.3, 0.4) is 0 Å². The maximum atomic E-state index is 10.9. The van der Waals surface area contributed by atoms with Gasteiger partial charge in [0.1, 0.15) is 0 Å². The largest absolute Gasteiger partial charge is 0.290 e. The molecule has 0 heterocycles. The number of carbonyl (C=O) groups excluding carboxylic acids is 1. The van der Waals surface area contributed by atoms with Crippen LogP contribution in [0.1, 0.15) is 19.3 Å². The van der Waals surface area contributed by atoms with Gasteiger partial charge in [-0.15, -0.1) is 0 Å². The van der Waals surface area contributed by atoms with E-state index in [0.717, 1.165) is 24.3 Å². The van der Waals surface area contributed by atoms with Crippen LogP contribution in [0.4, 0.5) is 0 Å². The zero-order valence-corrected chi connectivity index (χ0v) is 8.05. The van der Waals surface area contributed by atoms with Gasteiger partial charge in [-0.25, -0.2) is 0 Å². The van der Waals surface area contributed by atoms with Gasteiger partial charge in [-0.2, -0.15) is 0 Å². The number of ketones is 1. The Hall–Kier alpha value is -0.820. The van der Waals surface area contributed by atoms with Crippen molar-refractivity contribution < 1.29 is 4.79 Å². The van der Waals surface area contributed by atoms with Gasteiger partial charge in [-0.3, -0.25) is 4.79 Å². The maximum Gasteiger partial charge on any atom is 0.178 e. The van der Waals surface area contributed by atoms with Crippen LogP contribution in [0.15, 0.2) is 35.4 Å². The third kappa shape index (κ3) is 1.75.